The number of hydrogen-bond acceptors (Lipinski definition) is 0. The van der Waals surface area contributed by atoms with Crippen LogP contribution in [0.4, 0.5) is 0 Å². The van der Waals surface area contributed by atoms with Crippen molar-refractivity contribution in [3.8, 4) is 44.8 Å². The molecule has 0 saturated carbocycles. The highest BCUT2D eigenvalue weighted by atomic mass is 15.0. The van der Waals surface area contributed by atoms with Gasteiger partial charge in [0.05, 0.1) is 27.5 Å². The summed E-state index contributed by atoms with van der Waals surface area (Å²) in [6, 6.07) is 86.4. The molecular weight excluding hydrogens is 785 g/mol. The van der Waals surface area contributed by atoms with Gasteiger partial charge in [0.15, 0.2) is 0 Å². The van der Waals surface area contributed by atoms with E-state index in [4.69, 9.17) is 0 Å². The predicted octanol–water partition coefficient (Wildman–Crippen LogP) is 16.2. The Hall–Kier alpha value is -8.46. The molecule has 0 unspecified atom stereocenters. The zero-order chi connectivity index (χ0) is 42.4. The predicted molar refractivity (Wildman–Crippen MR) is 272 cm³/mol. The zero-order valence-electron chi connectivity index (χ0n) is 35.3. The standard InChI is InChI=1S/C63H38N2/c1-2-18-45(19-3-1)64-60-36-44-32-40-16-5-4-15-39(40)31-43(44)34-52(60)54-38-61-53(37-62(54)64)51-24-9-13-28-59(51)65(61)46-20-14-17-41(33-46)42-29-30-50-49-23-8-12-27-57(49)63(58(50)35-42)55-25-10-6-21-47(55)48-22-7-11-26-56(48)63/h1-38H. The van der Waals surface area contributed by atoms with Crippen molar-refractivity contribution in [2.75, 3.05) is 0 Å². The molecule has 0 amide bonds. The zero-order valence-corrected chi connectivity index (χ0v) is 35.3. The molecule has 300 valence electrons. The number of rotatable bonds is 3. The van der Waals surface area contributed by atoms with Crippen molar-refractivity contribution in [1.29, 1.82) is 0 Å². The molecule has 1 spiro atoms. The van der Waals surface area contributed by atoms with Crippen molar-refractivity contribution in [1.82, 2.24) is 9.13 Å². The number of aromatic nitrogens is 2. The molecule has 0 bridgehead atoms. The minimum atomic E-state index is -0.387. The van der Waals surface area contributed by atoms with Crippen molar-refractivity contribution < 1.29 is 0 Å². The first-order valence-electron chi connectivity index (χ1n) is 22.7. The quantitative estimate of drug-likeness (QED) is 0.157. The van der Waals surface area contributed by atoms with Crippen LogP contribution in [0, 0.1) is 0 Å². The summed E-state index contributed by atoms with van der Waals surface area (Å²) >= 11 is 0. The highest BCUT2D eigenvalue weighted by Crippen LogP contribution is 2.63. The van der Waals surface area contributed by atoms with Gasteiger partial charge in [-0.2, -0.15) is 0 Å². The molecule has 0 saturated heterocycles. The number of hydrogen-bond donors (Lipinski definition) is 0. The van der Waals surface area contributed by atoms with Crippen LogP contribution < -0.4 is 0 Å². The van der Waals surface area contributed by atoms with Crippen molar-refractivity contribution >= 4 is 65.2 Å². The monoisotopic (exact) mass is 822 g/mol. The van der Waals surface area contributed by atoms with E-state index in [9.17, 15) is 0 Å². The molecule has 2 heterocycles. The number of fused-ring (bicyclic) bond motifs is 18. The summed E-state index contributed by atoms with van der Waals surface area (Å²) in [5.74, 6) is 0. The third-order valence-corrected chi connectivity index (χ3v) is 14.8. The summed E-state index contributed by atoms with van der Waals surface area (Å²) in [6.45, 7) is 0. The Morgan fingerprint density at radius 1 is 0.246 bits per heavy atom. The van der Waals surface area contributed by atoms with E-state index in [1.165, 1.54) is 121 Å². The van der Waals surface area contributed by atoms with Crippen LogP contribution in [-0.4, -0.2) is 9.13 Å². The van der Waals surface area contributed by atoms with E-state index in [2.05, 4.69) is 240 Å². The van der Waals surface area contributed by atoms with Gasteiger partial charge in [-0.05, 0) is 150 Å². The lowest BCUT2D eigenvalue weighted by Gasteiger charge is -2.30. The van der Waals surface area contributed by atoms with Gasteiger partial charge in [-0.3, -0.25) is 0 Å². The van der Waals surface area contributed by atoms with Crippen molar-refractivity contribution in [3.63, 3.8) is 0 Å². The third-order valence-electron chi connectivity index (χ3n) is 14.8. The van der Waals surface area contributed by atoms with Gasteiger partial charge in [-0.1, -0.05) is 158 Å². The van der Waals surface area contributed by atoms with E-state index in [0.29, 0.717) is 0 Å². The van der Waals surface area contributed by atoms with Crippen LogP contribution in [0.1, 0.15) is 22.3 Å². The second-order valence-electron chi connectivity index (χ2n) is 18.0. The van der Waals surface area contributed by atoms with Crippen molar-refractivity contribution in [2.45, 2.75) is 5.41 Å². The second-order valence-corrected chi connectivity index (χ2v) is 18.0. The SMILES string of the molecule is c1ccc(-n2c3cc4cc5ccccc5cc4cc3c3cc4c(cc32)c2ccccc2n4-c2cccc(-c3ccc4c(c3)C3(c5ccccc5-c5ccccc53)c3ccccc3-4)c2)cc1. The lowest BCUT2D eigenvalue weighted by atomic mass is 9.70. The maximum atomic E-state index is 2.49. The molecule has 65 heavy (non-hydrogen) atoms. The molecule has 0 fully saturated rings. The molecule has 2 aromatic heterocycles. The highest BCUT2D eigenvalue weighted by molar-refractivity contribution is 6.21. The highest BCUT2D eigenvalue weighted by Gasteiger charge is 2.51. The topological polar surface area (TPSA) is 9.86 Å². The largest absolute Gasteiger partial charge is 0.309 e. The molecule has 13 aromatic rings. The number of benzene rings is 11. The first-order chi connectivity index (χ1) is 32.2. The van der Waals surface area contributed by atoms with Crippen molar-refractivity contribution in [3.05, 3.63) is 253 Å². The minimum absolute atomic E-state index is 0.387. The molecule has 2 heteroatoms. The number of para-hydroxylation sites is 2. The Kier molecular flexibility index (Phi) is 6.91. The van der Waals surface area contributed by atoms with Gasteiger partial charge in [-0.15, -0.1) is 0 Å². The first kappa shape index (κ1) is 35.1. The van der Waals surface area contributed by atoms with Gasteiger partial charge in [0.25, 0.3) is 0 Å². The summed E-state index contributed by atoms with van der Waals surface area (Å²) in [7, 11) is 0. The Balaban J connectivity index is 0.962. The minimum Gasteiger partial charge on any atom is -0.309 e. The van der Waals surface area contributed by atoms with Gasteiger partial charge < -0.3 is 9.13 Å². The fourth-order valence-corrected chi connectivity index (χ4v) is 12.1. The van der Waals surface area contributed by atoms with Gasteiger partial charge >= 0.3 is 0 Å². The summed E-state index contributed by atoms with van der Waals surface area (Å²) in [5, 5.41) is 9.99. The Morgan fingerprint density at radius 3 is 1.43 bits per heavy atom. The van der Waals surface area contributed by atoms with Gasteiger partial charge in [-0.25, -0.2) is 0 Å². The maximum Gasteiger partial charge on any atom is 0.0725 e. The molecule has 0 N–H and O–H groups in total. The molecule has 2 aliphatic rings. The van der Waals surface area contributed by atoms with Crippen LogP contribution in [0.5, 0.6) is 0 Å². The summed E-state index contributed by atoms with van der Waals surface area (Å²) in [4.78, 5) is 0. The van der Waals surface area contributed by atoms with Crippen LogP contribution in [0.15, 0.2) is 231 Å². The lowest BCUT2D eigenvalue weighted by Crippen LogP contribution is -2.25. The second kappa shape index (κ2) is 12.8. The Morgan fingerprint density at radius 2 is 0.738 bits per heavy atom. The lowest BCUT2D eigenvalue weighted by molar-refractivity contribution is 0.794. The molecular formula is C63H38N2. The summed E-state index contributed by atoms with van der Waals surface area (Å²) in [6.07, 6.45) is 0. The van der Waals surface area contributed by atoms with E-state index in [1.807, 2.05) is 0 Å². The van der Waals surface area contributed by atoms with E-state index in [0.717, 1.165) is 11.4 Å². The average molecular weight is 823 g/mol. The average Bonchev–Trinajstić information content (AvgIpc) is 4.06. The summed E-state index contributed by atoms with van der Waals surface area (Å²) < 4.78 is 4.95. The Bertz CT molecular complexity index is 4120. The number of nitrogens with zero attached hydrogens (tertiary/aromatic N) is 2. The first-order valence-corrected chi connectivity index (χ1v) is 22.7. The van der Waals surface area contributed by atoms with E-state index < -0.39 is 0 Å². The van der Waals surface area contributed by atoms with Gasteiger partial charge in [0.1, 0.15) is 0 Å². The fourth-order valence-electron chi connectivity index (χ4n) is 12.1. The molecule has 11 aromatic carbocycles. The van der Waals surface area contributed by atoms with Crippen LogP contribution in [0.25, 0.3) is 110 Å². The third kappa shape index (κ3) is 4.62. The van der Waals surface area contributed by atoms with Gasteiger partial charge in [0.2, 0.25) is 0 Å². The molecule has 2 aliphatic carbocycles. The van der Waals surface area contributed by atoms with Crippen LogP contribution in [0.2, 0.25) is 0 Å². The molecule has 0 atom stereocenters. The van der Waals surface area contributed by atoms with Crippen LogP contribution in [-0.2, 0) is 5.41 Å². The molecule has 2 nitrogen and oxygen atoms in total. The van der Waals surface area contributed by atoms with Crippen LogP contribution in [0.3, 0.4) is 0 Å². The molecule has 0 radical (unpaired) electrons. The maximum absolute atomic E-state index is 2.49. The van der Waals surface area contributed by atoms with E-state index >= 15 is 0 Å². The Labute approximate surface area is 375 Å². The van der Waals surface area contributed by atoms with Gasteiger partial charge in [0, 0.05) is 32.9 Å². The normalized spacial score (nSPS) is 13.4. The smallest absolute Gasteiger partial charge is 0.0725 e. The van der Waals surface area contributed by atoms with E-state index in [1.54, 1.807) is 0 Å². The molecule has 15 rings (SSSR count). The summed E-state index contributed by atoms with van der Waals surface area (Å²) in [5.41, 5.74) is 19.9. The fraction of sp³-hybridized carbons (Fsp3) is 0.0159. The van der Waals surface area contributed by atoms with E-state index in [-0.39, 0.29) is 5.41 Å². The molecule has 0 aliphatic heterocycles. The van der Waals surface area contributed by atoms with Crippen LogP contribution >= 0.6 is 0 Å². The van der Waals surface area contributed by atoms with Crippen molar-refractivity contribution in [2.24, 2.45) is 0 Å².